The molecule has 24 heavy (non-hydrogen) atoms. The molecular formula is C15H16N4O2S3. The van der Waals surface area contributed by atoms with Gasteiger partial charge in [-0.2, -0.15) is 4.99 Å². The van der Waals surface area contributed by atoms with Crippen LogP contribution in [0.3, 0.4) is 0 Å². The van der Waals surface area contributed by atoms with E-state index in [0.29, 0.717) is 22.6 Å². The van der Waals surface area contributed by atoms with E-state index in [9.17, 15) is 9.59 Å². The predicted octanol–water partition coefficient (Wildman–Crippen LogP) is 3.05. The highest BCUT2D eigenvalue weighted by molar-refractivity contribution is 8.17. The Balaban J connectivity index is 1.51. The lowest BCUT2D eigenvalue weighted by Gasteiger charge is -2.12. The maximum atomic E-state index is 12.1. The molecule has 0 saturated carbocycles. The number of fused-ring (bicyclic) bond motifs is 1. The number of rotatable bonds is 6. The molecule has 9 heteroatoms. The number of aromatic nitrogens is 1. The molecule has 1 unspecified atom stereocenters. The monoisotopic (exact) mass is 380 g/mol. The first kappa shape index (κ1) is 17.4. The van der Waals surface area contributed by atoms with E-state index >= 15 is 0 Å². The van der Waals surface area contributed by atoms with Crippen molar-refractivity contribution < 1.29 is 9.59 Å². The van der Waals surface area contributed by atoms with Gasteiger partial charge in [-0.3, -0.25) is 9.59 Å². The summed E-state index contributed by atoms with van der Waals surface area (Å²) in [5, 5.41) is 5.91. The third-order valence-electron chi connectivity index (χ3n) is 3.28. The van der Waals surface area contributed by atoms with Crippen molar-refractivity contribution in [2.45, 2.75) is 13.8 Å². The van der Waals surface area contributed by atoms with Gasteiger partial charge in [-0.25, -0.2) is 9.98 Å². The number of allylic oxidation sites excluding steroid dienone is 1. The fourth-order valence-corrected chi connectivity index (χ4v) is 4.47. The van der Waals surface area contributed by atoms with E-state index in [1.54, 1.807) is 23.3 Å². The van der Waals surface area contributed by atoms with Gasteiger partial charge in [0.1, 0.15) is 11.8 Å². The topological polar surface area (TPSA) is 83.8 Å². The number of amidine groups is 1. The van der Waals surface area contributed by atoms with Crippen molar-refractivity contribution >= 4 is 62.7 Å². The minimum atomic E-state index is -0.311. The molecule has 126 valence electrons. The van der Waals surface area contributed by atoms with Gasteiger partial charge in [-0.05, 0) is 10.8 Å². The highest BCUT2D eigenvalue weighted by Gasteiger charge is 2.34. The molecule has 1 atom stereocenters. The standard InChI is InChI=1S/C15H16N4O2S3/c1-8(2)10-5-9-13(21)17-11(18-14(9)24-10)6-22-7-12(20)19-15-16-3-4-23-15/h3-5,8-9H,6-7H2,1-2H3,(H,16,19,20). The van der Waals surface area contributed by atoms with Gasteiger partial charge in [0.15, 0.2) is 5.13 Å². The van der Waals surface area contributed by atoms with Gasteiger partial charge in [0.2, 0.25) is 5.91 Å². The van der Waals surface area contributed by atoms with Gasteiger partial charge >= 0.3 is 0 Å². The molecule has 0 aromatic carbocycles. The van der Waals surface area contributed by atoms with Crippen molar-refractivity contribution in [1.82, 2.24) is 4.98 Å². The first-order valence-corrected chi connectivity index (χ1v) is 10.2. The Bertz CT molecular complexity index is 738. The van der Waals surface area contributed by atoms with Crippen molar-refractivity contribution in [1.29, 1.82) is 0 Å². The van der Waals surface area contributed by atoms with Crippen LogP contribution in [0.15, 0.2) is 32.5 Å². The Kier molecular flexibility index (Phi) is 5.52. The second kappa shape index (κ2) is 7.62. The molecule has 2 amide bonds. The van der Waals surface area contributed by atoms with Crippen LogP contribution in [0.5, 0.6) is 0 Å². The lowest BCUT2D eigenvalue weighted by molar-refractivity contribution is -0.118. The van der Waals surface area contributed by atoms with E-state index in [4.69, 9.17) is 0 Å². The van der Waals surface area contributed by atoms with Crippen LogP contribution >= 0.6 is 34.9 Å². The number of nitrogens with one attached hydrogen (secondary N) is 1. The number of hydrogen-bond acceptors (Lipinski definition) is 7. The summed E-state index contributed by atoms with van der Waals surface area (Å²) < 4.78 is 0. The number of carbonyl (C=O) groups is 2. The predicted molar refractivity (Wildman–Crippen MR) is 102 cm³/mol. The zero-order valence-corrected chi connectivity index (χ0v) is 15.6. The minimum absolute atomic E-state index is 0.123. The number of thioether (sulfide) groups is 2. The second-order valence-electron chi connectivity index (χ2n) is 5.50. The first-order valence-electron chi connectivity index (χ1n) is 7.39. The van der Waals surface area contributed by atoms with E-state index < -0.39 is 0 Å². The van der Waals surface area contributed by atoms with Crippen molar-refractivity contribution in [3.05, 3.63) is 22.6 Å². The quantitative estimate of drug-likeness (QED) is 0.820. The SMILES string of the molecule is CC(C)C1=CC2C(=O)N=C(CSCC(=O)Nc3nccs3)N=C2S1. The molecular weight excluding hydrogens is 364 g/mol. The number of amides is 2. The molecule has 0 saturated heterocycles. The van der Waals surface area contributed by atoms with Crippen LogP contribution in [0.25, 0.3) is 0 Å². The second-order valence-corrected chi connectivity index (χ2v) is 8.47. The van der Waals surface area contributed by atoms with Crippen LogP contribution < -0.4 is 5.32 Å². The summed E-state index contributed by atoms with van der Waals surface area (Å²) in [5.74, 6) is 0.976. The van der Waals surface area contributed by atoms with E-state index in [0.717, 1.165) is 5.04 Å². The van der Waals surface area contributed by atoms with Crippen LogP contribution in [0.2, 0.25) is 0 Å². The van der Waals surface area contributed by atoms with Crippen LogP contribution in [0.4, 0.5) is 5.13 Å². The molecule has 0 aliphatic carbocycles. The lowest BCUT2D eigenvalue weighted by Crippen LogP contribution is -2.24. The molecule has 6 nitrogen and oxygen atoms in total. The molecule has 2 aliphatic rings. The van der Waals surface area contributed by atoms with Crippen LogP contribution in [0.1, 0.15) is 13.8 Å². The summed E-state index contributed by atoms with van der Waals surface area (Å²) in [6.45, 7) is 4.19. The van der Waals surface area contributed by atoms with Crippen molar-refractivity contribution in [3.8, 4) is 0 Å². The Morgan fingerprint density at radius 1 is 1.42 bits per heavy atom. The Morgan fingerprint density at radius 3 is 2.96 bits per heavy atom. The molecule has 0 fully saturated rings. The normalized spacial score (nSPS) is 19.7. The highest BCUT2D eigenvalue weighted by Crippen LogP contribution is 2.38. The third-order valence-corrected chi connectivity index (χ3v) is 6.29. The zero-order chi connectivity index (χ0) is 17.1. The molecule has 2 aliphatic heterocycles. The van der Waals surface area contributed by atoms with Crippen LogP contribution in [-0.2, 0) is 9.59 Å². The van der Waals surface area contributed by atoms with Crippen molar-refractivity contribution in [2.75, 3.05) is 16.8 Å². The smallest absolute Gasteiger partial charge is 0.261 e. The van der Waals surface area contributed by atoms with E-state index in [1.807, 2.05) is 6.08 Å². The molecule has 0 radical (unpaired) electrons. The van der Waals surface area contributed by atoms with E-state index in [1.165, 1.54) is 28.0 Å². The largest absolute Gasteiger partial charge is 0.301 e. The van der Waals surface area contributed by atoms with E-state index in [-0.39, 0.29) is 23.5 Å². The van der Waals surface area contributed by atoms with Gasteiger partial charge in [-0.1, -0.05) is 31.7 Å². The fraction of sp³-hybridized carbons (Fsp3) is 0.400. The zero-order valence-electron chi connectivity index (χ0n) is 13.2. The molecule has 0 bridgehead atoms. The fourth-order valence-electron chi connectivity index (χ4n) is 2.12. The Labute approximate surface area is 152 Å². The Morgan fingerprint density at radius 2 is 2.25 bits per heavy atom. The number of anilines is 1. The number of hydrogen-bond donors (Lipinski definition) is 1. The van der Waals surface area contributed by atoms with Gasteiger partial charge in [0.25, 0.3) is 5.91 Å². The van der Waals surface area contributed by atoms with Crippen molar-refractivity contribution in [3.63, 3.8) is 0 Å². The summed E-state index contributed by atoms with van der Waals surface area (Å²) in [6, 6.07) is 0. The molecule has 1 aromatic rings. The highest BCUT2D eigenvalue weighted by atomic mass is 32.2. The van der Waals surface area contributed by atoms with Gasteiger partial charge in [0, 0.05) is 11.6 Å². The number of carbonyl (C=O) groups excluding carboxylic acids is 2. The number of nitrogens with zero attached hydrogens (tertiary/aromatic N) is 3. The summed E-state index contributed by atoms with van der Waals surface area (Å²) in [7, 11) is 0. The molecule has 0 spiro atoms. The average Bonchev–Trinajstić information content (AvgIpc) is 3.16. The third kappa shape index (κ3) is 4.14. The summed E-state index contributed by atoms with van der Waals surface area (Å²) in [5.41, 5.74) is 0. The average molecular weight is 381 g/mol. The van der Waals surface area contributed by atoms with Crippen LogP contribution in [0, 0.1) is 11.8 Å². The molecule has 3 heterocycles. The molecule has 3 rings (SSSR count). The van der Waals surface area contributed by atoms with Gasteiger partial charge in [0.05, 0.1) is 16.5 Å². The summed E-state index contributed by atoms with van der Waals surface area (Å²) >= 11 is 4.32. The Hall–Kier alpha value is -1.45. The maximum absolute atomic E-state index is 12.1. The van der Waals surface area contributed by atoms with Crippen molar-refractivity contribution in [2.24, 2.45) is 21.8 Å². The summed E-state index contributed by atoms with van der Waals surface area (Å²) in [6.07, 6.45) is 3.60. The minimum Gasteiger partial charge on any atom is -0.301 e. The maximum Gasteiger partial charge on any atom is 0.261 e. The molecule has 1 aromatic heterocycles. The summed E-state index contributed by atoms with van der Waals surface area (Å²) in [4.78, 5) is 37.7. The molecule has 1 N–H and O–H groups in total. The first-order chi connectivity index (χ1) is 11.5. The number of aliphatic imine (C=N–C) groups is 2. The van der Waals surface area contributed by atoms with Gasteiger partial charge in [-0.15, -0.1) is 23.1 Å². The van der Waals surface area contributed by atoms with E-state index in [2.05, 4.69) is 34.1 Å². The lowest BCUT2D eigenvalue weighted by atomic mass is 10.1. The van der Waals surface area contributed by atoms with Crippen LogP contribution in [-0.4, -0.2) is 39.2 Å². The van der Waals surface area contributed by atoms with Gasteiger partial charge < -0.3 is 5.32 Å². The number of thiazole rings is 1.